The molecule has 0 aliphatic heterocycles. The van der Waals surface area contributed by atoms with Crippen molar-refractivity contribution in [3.05, 3.63) is 50.7 Å². The zero-order valence-electron chi connectivity index (χ0n) is 11.9. The standard InChI is InChI=1S/C16H21NOS/c1-10-6-5-7-14(16(10)18)9-17-12(3)15-8-11(2)19-13(15)4/h5-8,12,17-18H,9H2,1-4H3. The molecule has 1 unspecified atom stereocenters. The summed E-state index contributed by atoms with van der Waals surface area (Å²) in [5, 5.41) is 13.5. The lowest BCUT2D eigenvalue weighted by atomic mass is 10.1. The molecule has 0 aliphatic rings. The van der Waals surface area contributed by atoms with Crippen LogP contribution in [0.1, 0.15) is 39.4 Å². The first-order valence-corrected chi connectivity index (χ1v) is 7.38. The summed E-state index contributed by atoms with van der Waals surface area (Å²) in [4.78, 5) is 2.71. The summed E-state index contributed by atoms with van der Waals surface area (Å²) in [5.74, 6) is 0.403. The Hall–Kier alpha value is -1.32. The summed E-state index contributed by atoms with van der Waals surface area (Å²) >= 11 is 1.84. The van der Waals surface area contributed by atoms with Crippen molar-refractivity contribution in [1.82, 2.24) is 5.32 Å². The van der Waals surface area contributed by atoms with Crippen molar-refractivity contribution in [1.29, 1.82) is 0 Å². The quantitative estimate of drug-likeness (QED) is 0.875. The number of thiophene rings is 1. The molecular formula is C16H21NOS. The second-order valence-corrected chi connectivity index (χ2v) is 6.51. The number of phenolic OH excluding ortho intramolecular Hbond substituents is 1. The second kappa shape index (κ2) is 5.76. The summed E-state index contributed by atoms with van der Waals surface area (Å²) in [6.07, 6.45) is 0. The van der Waals surface area contributed by atoms with E-state index in [4.69, 9.17) is 0 Å². The summed E-state index contributed by atoms with van der Waals surface area (Å²) < 4.78 is 0. The molecule has 2 rings (SSSR count). The van der Waals surface area contributed by atoms with E-state index in [9.17, 15) is 5.11 Å². The average molecular weight is 275 g/mol. The van der Waals surface area contributed by atoms with Crippen molar-refractivity contribution in [3.63, 3.8) is 0 Å². The Labute approximate surface area is 119 Å². The number of hydrogen-bond donors (Lipinski definition) is 2. The first-order valence-electron chi connectivity index (χ1n) is 6.57. The molecule has 3 heteroatoms. The zero-order valence-corrected chi connectivity index (χ0v) is 12.8. The van der Waals surface area contributed by atoms with Gasteiger partial charge in [-0.05, 0) is 44.9 Å². The molecule has 2 N–H and O–H groups in total. The molecule has 0 aliphatic carbocycles. The lowest BCUT2D eigenvalue weighted by Gasteiger charge is -2.15. The van der Waals surface area contributed by atoms with Gasteiger partial charge in [0.15, 0.2) is 0 Å². The van der Waals surface area contributed by atoms with E-state index in [2.05, 4.69) is 32.2 Å². The molecule has 0 amide bonds. The molecule has 102 valence electrons. The number of nitrogens with one attached hydrogen (secondary N) is 1. The van der Waals surface area contributed by atoms with Crippen LogP contribution >= 0.6 is 11.3 Å². The lowest BCUT2D eigenvalue weighted by molar-refractivity contribution is 0.456. The molecule has 1 heterocycles. The Morgan fingerprint density at radius 3 is 2.63 bits per heavy atom. The van der Waals surface area contributed by atoms with Gasteiger partial charge < -0.3 is 10.4 Å². The van der Waals surface area contributed by atoms with E-state index in [1.54, 1.807) is 0 Å². The molecule has 1 aromatic heterocycles. The number of para-hydroxylation sites is 1. The first kappa shape index (κ1) is 14.1. The molecule has 0 spiro atoms. The number of aryl methyl sites for hydroxylation is 3. The SMILES string of the molecule is Cc1cc(C(C)NCc2cccc(C)c2O)c(C)s1. The summed E-state index contributed by atoms with van der Waals surface area (Å²) in [7, 11) is 0. The van der Waals surface area contributed by atoms with Crippen LogP contribution in [-0.2, 0) is 6.54 Å². The third kappa shape index (κ3) is 3.17. The van der Waals surface area contributed by atoms with Gasteiger partial charge in [0.05, 0.1) is 0 Å². The van der Waals surface area contributed by atoms with Crippen LogP contribution in [0, 0.1) is 20.8 Å². The zero-order chi connectivity index (χ0) is 14.0. The Morgan fingerprint density at radius 2 is 2.00 bits per heavy atom. The first-order chi connectivity index (χ1) is 8.99. The van der Waals surface area contributed by atoms with Crippen molar-refractivity contribution in [2.24, 2.45) is 0 Å². The minimum atomic E-state index is 0.296. The highest BCUT2D eigenvalue weighted by atomic mass is 32.1. The Kier molecular flexibility index (Phi) is 4.27. The maximum Gasteiger partial charge on any atom is 0.122 e. The largest absolute Gasteiger partial charge is 0.507 e. The number of phenols is 1. The maximum atomic E-state index is 10.0. The maximum absolute atomic E-state index is 10.0. The van der Waals surface area contributed by atoms with Gasteiger partial charge in [-0.1, -0.05) is 18.2 Å². The van der Waals surface area contributed by atoms with Crippen LogP contribution in [0.5, 0.6) is 5.75 Å². The molecule has 0 saturated carbocycles. The fourth-order valence-electron chi connectivity index (χ4n) is 2.32. The Morgan fingerprint density at radius 1 is 1.26 bits per heavy atom. The van der Waals surface area contributed by atoms with E-state index in [0.717, 1.165) is 11.1 Å². The lowest BCUT2D eigenvalue weighted by Crippen LogP contribution is -2.18. The average Bonchev–Trinajstić information content (AvgIpc) is 2.70. The molecule has 0 bridgehead atoms. The fourth-order valence-corrected chi connectivity index (χ4v) is 3.34. The van der Waals surface area contributed by atoms with Crippen molar-refractivity contribution in [2.75, 3.05) is 0 Å². The Balaban J connectivity index is 2.06. The predicted molar refractivity (Wildman–Crippen MR) is 81.9 cm³/mol. The van der Waals surface area contributed by atoms with Gasteiger partial charge in [-0.15, -0.1) is 11.3 Å². The molecule has 0 radical (unpaired) electrons. The minimum Gasteiger partial charge on any atom is -0.507 e. The third-order valence-corrected chi connectivity index (χ3v) is 4.45. The third-order valence-electron chi connectivity index (χ3n) is 3.47. The Bertz CT molecular complexity index is 574. The highest BCUT2D eigenvalue weighted by Gasteiger charge is 2.11. The van der Waals surface area contributed by atoms with Gasteiger partial charge in [0.25, 0.3) is 0 Å². The highest BCUT2D eigenvalue weighted by molar-refractivity contribution is 7.12. The minimum absolute atomic E-state index is 0.296. The molecule has 1 atom stereocenters. The molecule has 19 heavy (non-hydrogen) atoms. The molecule has 2 aromatic rings. The number of rotatable bonds is 4. The number of aromatic hydroxyl groups is 1. The normalized spacial score (nSPS) is 12.6. The molecule has 0 fully saturated rings. The van der Waals surface area contributed by atoms with Crippen LogP contribution in [0.25, 0.3) is 0 Å². The topological polar surface area (TPSA) is 32.3 Å². The van der Waals surface area contributed by atoms with E-state index < -0.39 is 0 Å². The van der Waals surface area contributed by atoms with Crippen molar-refractivity contribution >= 4 is 11.3 Å². The van der Waals surface area contributed by atoms with Gasteiger partial charge in [0.1, 0.15) is 5.75 Å². The van der Waals surface area contributed by atoms with Gasteiger partial charge in [0.2, 0.25) is 0 Å². The predicted octanol–water partition coefficient (Wildman–Crippen LogP) is 4.23. The summed E-state index contributed by atoms with van der Waals surface area (Å²) in [5.41, 5.74) is 3.24. The van der Waals surface area contributed by atoms with E-state index >= 15 is 0 Å². The van der Waals surface area contributed by atoms with Gasteiger partial charge in [-0.25, -0.2) is 0 Å². The van der Waals surface area contributed by atoms with Gasteiger partial charge >= 0.3 is 0 Å². The number of benzene rings is 1. The van der Waals surface area contributed by atoms with Crippen LogP contribution in [0.4, 0.5) is 0 Å². The molecule has 1 aromatic carbocycles. The van der Waals surface area contributed by atoms with Gasteiger partial charge in [-0.2, -0.15) is 0 Å². The molecule has 2 nitrogen and oxygen atoms in total. The van der Waals surface area contributed by atoms with Crippen LogP contribution in [0.2, 0.25) is 0 Å². The summed E-state index contributed by atoms with van der Waals surface area (Å²) in [6, 6.07) is 8.41. The van der Waals surface area contributed by atoms with Crippen LogP contribution in [0.15, 0.2) is 24.3 Å². The van der Waals surface area contributed by atoms with Crippen molar-refractivity contribution < 1.29 is 5.11 Å². The van der Waals surface area contributed by atoms with Crippen LogP contribution in [-0.4, -0.2) is 5.11 Å². The van der Waals surface area contributed by atoms with Crippen LogP contribution in [0.3, 0.4) is 0 Å². The summed E-state index contributed by atoms with van der Waals surface area (Å²) in [6.45, 7) is 9.08. The highest BCUT2D eigenvalue weighted by Crippen LogP contribution is 2.27. The fraction of sp³-hybridized carbons (Fsp3) is 0.375. The van der Waals surface area contributed by atoms with Crippen molar-refractivity contribution in [2.45, 2.75) is 40.3 Å². The van der Waals surface area contributed by atoms with Crippen molar-refractivity contribution in [3.8, 4) is 5.75 Å². The van der Waals surface area contributed by atoms with E-state index in [1.165, 1.54) is 15.3 Å². The molecule has 0 saturated heterocycles. The monoisotopic (exact) mass is 275 g/mol. The smallest absolute Gasteiger partial charge is 0.122 e. The van der Waals surface area contributed by atoms with Gasteiger partial charge in [0, 0.05) is 27.9 Å². The second-order valence-electron chi connectivity index (χ2n) is 5.05. The van der Waals surface area contributed by atoms with E-state index in [1.807, 2.05) is 36.5 Å². The number of hydrogen-bond acceptors (Lipinski definition) is 3. The molecular weight excluding hydrogens is 254 g/mol. The van der Waals surface area contributed by atoms with E-state index in [0.29, 0.717) is 18.3 Å². The van der Waals surface area contributed by atoms with E-state index in [-0.39, 0.29) is 0 Å². The van der Waals surface area contributed by atoms with Gasteiger partial charge in [-0.3, -0.25) is 0 Å². The van der Waals surface area contributed by atoms with Crippen LogP contribution < -0.4 is 5.32 Å².